The van der Waals surface area contributed by atoms with Crippen molar-refractivity contribution in [2.45, 2.75) is 78.8 Å². The van der Waals surface area contributed by atoms with E-state index in [-0.39, 0.29) is 30.4 Å². The summed E-state index contributed by atoms with van der Waals surface area (Å²) >= 11 is 0. The number of ether oxygens (including phenoxy) is 4. The Bertz CT molecular complexity index is 1410. The summed E-state index contributed by atoms with van der Waals surface area (Å²) in [5.41, 5.74) is 1.39. The van der Waals surface area contributed by atoms with E-state index in [9.17, 15) is 9.59 Å². The van der Waals surface area contributed by atoms with E-state index in [1.165, 1.54) is 26.7 Å². The van der Waals surface area contributed by atoms with E-state index in [1.54, 1.807) is 16.8 Å². The Morgan fingerprint density at radius 1 is 1.02 bits per heavy atom. The molecule has 3 aromatic heterocycles. The Labute approximate surface area is 249 Å². The lowest BCUT2D eigenvalue weighted by molar-refractivity contribution is -0.141. The minimum atomic E-state index is -1.37. The van der Waals surface area contributed by atoms with Crippen LogP contribution >= 0.6 is 0 Å². The number of esters is 1. The number of methoxy groups -OCH3 is 2. The molecule has 0 radical (unpaired) electrons. The molecule has 0 aromatic carbocycles. The first-order valence-corrected chi connectivity index (χ1v) is 17.7. The zero-order valence-corrected chi connectivity index (χ0v) is 27.6. The van der Waals surface area contributed by atoms with E-state index < -0.39 is 19.6 Å². The summed E-state index contributed by atoms with van der Waals surface area (Å²) in [7, 11) is 1.48. The normalized spacial score (nSPS) is 12.3. The van der Waals surface area contributed by atoms with Crippen LogP contribution in [0.3, 0.4) is 0 Å². The van der Waals surface area contributed by atoms with E-state index >= 15 is 0 Å². The van der Waals surface area contributed by atoms with Crippen LogP contribution in [0.15, 0.2) is 24.8 Å². The fourth-order valence-electron chi connectivity index (χ4n) is 4.93. The molecule has 1 amide bonds. The quantitative estimate of drug-likeness (QED) is 0.158. The number of carbonyl (C=O) groups excluding carboxylic acids is 2. The summed E-state index contributed by atoms with van der Waals surface area (Å²) in [5.74, 6) is -0.0719. The molecule has 230 valence electrons. The molecule has 11 nitrogen and oxygen atoms in total. The molecule has 0 atom stereocenters. The predicted molar refractivity (Wildman–Crippen MR) is 165 cm³/mol. The zero-order valence-electron chi connectivity index (χ0n) is 26.6. The van der Waals surface area contributed by atoms with Gasteiger partial charge in [0.25, 0.3) is 5.91 Å². The van der Waals surface area contributed by atoms with Gasteiger partial charge in [0.1, 0.15) is 18.5 Å². The molecule has 0 saturated heterocycles. The minimum absolute atomic E-state index is 0.00289. The first kappa shape index (κ1) is 33.0. The van der Waals surface area contributed by atoms with Crippen LogP contribution in [0.5, 0.6) is 11.6 Å². The molecule has 42 heavy (non-hydrogen) atoms. The number of rotatable bonds is 13. The summed E-state index contributed by atoms with van der Waals surface area (Å²) < 4.78 is 23.6. The maximum absolute atomic E-state index is 13.7. The first-order valence-electron chi connectivity index (χ1n) is 14.0. The Morgan fingerprint density at radius 2 is 1.74 bits per heavy atom. The van der Waals surface area contributed by atoms with E-state index in [1.807, 2.05) is 13.8 Å². The van der Waals surface area contributed by atoms with Gasteiger partial charge in [-0.1, -0.05) is 40.4 Å². The second-order valence-corrected chi connectivity index (χ2v) is 19.1. The monoisotopic (exact) mass is 599 g/mol. The first-order chi connectivity index (χ1) is 19.5. The highest BCUT2D eigenvalue weighted by molar-refractivity contribution is 6.76. The molecule has 3 aromatic rings. The van der Waals surface area contributed by atoms with Crippen LogP contribution in [0.1, 0.15) is 51.4 Å². The maximum atomic E-state index is 13.7. The Morgan fingerprint density at radius 3 is 2.36 bits per heavy atom. The topological polar surface area (TPSA) is 127 Å². The second-order valence-electron chi connectivity index (χ2n) is 13.5. The molecule has 0 aliphatic carbocycles. The number of nitrogens with one attached hydrogen (secondary N) is 1. The van der Waals surface area contributed by atoms with Crippen molar-refractivity contribution in [2.75, 3.05) is 27.6 Å². The van der Waals surface area contributed by atoms with Crippen molar-refractivity contribution < 1.29 is 28.5 Å². The van der Waals surface area contributed by atoms with Gasteiger partial charge >= 0.3 is 5.97 Å². The number of nitrogens with zero attached hydrogens (tertiary/aromatic N) is 4. The summed E-state index contributed by atoms with van der Waals surface area (Å²) in [6, 6.07) is 2.61. The third-order valence-corrected chi connectivity index (χ3v) is 8.09. The molecule has 0 bridgehead atoms. The molecule has 12 heteroatoms. The van der Waals surface area contributed by atoms with Crippen molar-refractivity contribution in [1.82, 2.24) is 24.8 Å². The summed E-state index contributed by atoms with van der Waals surface area (Å²) in [6.07, 6.45) is 5.42. The van der Waals surface area contributed by atoms with Crippen LogP contribution in [0.4, 0.5) is 0 Å². The number of hydrogen-bond donors (Lipinski definition) is 1. The fourth-order valence-corrected chi connectivity index (χ4v) is 5.64. The van der Waals surface area contributed by atoms with Gasteiger partial charge in [0, 0.05) is 32.5 Å². The van der Waals surface area contributed by atoms with Crippen LogP contribution in [-0.4, -0.2) is 72.6 Å². The van der Waals surface area contributed by atoms with E-state index in [0.717, 1.165) is 12.5 Å². The number of pyridine rings is 1. The Balaban J connectivity index is 2.14. The van der Waals surface area contributed by atoms with Crippen molar-refractivity contribution in [3.8, 4) is 22.9 Å². The van der Waals surface area contributed by atoms with Crippen molar-refractivity contribution in [3.63, 3.8) is 0 Å². The van der Waals surface area contributed by atoms with Gasteiger partial charge in [0.2, 0.25) is 5.88 Å². The van der Waals surface area contributed by atoms with Crippen molar-refractivity contribution in [1.29, 1.82) is 0 Å². The number of carbonyl (C=O) groups is 2. The van der Waals surface area contributed by atoms with Gasteiger partial charge in [0.15, 0.2) is 12.5 Å². The van der Waals surface area contributed by atoms with Crippen molar-refractivity contribution in [2.24, 2.45) is 5.41 Å². The van der Waals surface area contributed by atoms with Gasteiger partial charge in [-0.25, -0.2) is 9.97 Å². The number of aromatic nitrogens is 4. The second kappa shape index (κ2) is 13.2. The number of hydrogen-bond acceptors (Lipinski definition) is 9. The summed E-state index contributed by atoms with van der Waals surface area (Å²) in [5, 5.41) is 3.75. The average Bonchev–Trinajstić information content (AvgIpc) is 3.23. The lowest BCUT2D eigenvalue weighted by Gasteiger charge is -2.33. The van der Waals surface area contributed by atoms with E-state index in [0.29, 0.717) is 40.3 Å². The molecular weight excluding hydrogens is 554 g/mol. The lowest BCUT2D eigenvalue weighted by atomic mass is 9.81. The molecule has 0 fully saturated rings. The van der Waals surface area contributed by atoms with Gasteiger partial charge in [-0.05, 0) is 37.8 Å². The smallest absolute Gasteiger partial charge is 0.325 e. The summed E-state index contributed by atoms with van der Waals surface area (Å²) in [6.45, 7) is 17.6. The zero-order chi connectivity index (χ0) is 31.3. The molecular formula is C30H45N5O6Si. The third-order valence-electron chi connectivity index (χ3n) is 6.38. The molecule has 0 saturated carbocycles. The molecule has 3 heterocycles. The maximum Gasteiger partial charge on any atom is 0.325 e. The molecule has 0 aliphatic rings. The van der Waals surface area contributed by atoms with E-state index in [4.69, 9.17) is 18.9 Å². The average molecular weight is 600 g/mol. The van der Waals surface area contributed by atoms with Crippen LogP contribution in [0.2, 0.25) is 25.7 Å². The van der Waals surface area contributed by atoms with Gasteiger partial charge < -0.3 is 28.8 Å². The Hall–Kier alpha value is -3.51. The molecule has 0 spiro atoms. The standard InChI is InChI=1S/C30H45N5O6Si/c1-29(2,3)17-30(4,5)34-27(37)20-13-22(31-14-23(20)41-19-38-6)21-15-35(16-24(36)39-7)26-25(21)28(33-18-32-26)40-11-12-42(8,9)10/h13-15,18H,11-12,16-17,19H2,1-10H3,(H,34,37). The van der Waals surface area contributed by atoms with Gasteiger partial charge in [0.05, 0.1) is 36.6 Å². The van der Waals surface area contributed by atoms with Crippen LogP contribution in [-0.2, 0) is 20.8 Å². The van der Waals surface area contributed by atoms with Crippen LogP contribution in [0.25, 0.3) is 22.3 Å². The molecule has 1 N–H and O–H groups in total. The highest BCUT2D eigenvalue weighted by Gasteiger charge is 2.29. The lowest BCUT2D eigenvalue weighted by Crippen LogP contribution is -2.45. The van der Waals surface area contributed by atoms with E-state index in [2.05, 4.69) is 60.7 Å². The van der Waals surface area contributed by atoms with Crippen molar-refractivity contribution >= 4 is 31.0 Å². The summed E-state index contributed by atoms with van der Waals surface area (Å²) in [4.78, 5) is 39.5. The largest absolute Gasteiger partial charge is 0.477 e. The number of amides is 1. The van der Waals surface area contributed by atoms with Crippen LogP contribution < -0.4 is 14.8 Å². The van der Waals surface area contributed by atoms with Crippen LogP contribution in [0, 0.1) is 5.41 Å². The highest BCUT2D eigenvalue weighted by Crippen LogP contribution is 2.36. The fraction of sp³-hybridized carbons (Fsp3) is 0.567. The highest BCUT2D eigenvalue weighted by atomic mass is 28.3. The Kier molecular flexibility index (Phi) is 10.4. The minimum Gasteiger partial charge on any atom is -0.477 e. The van der Waals surface area contributed by atoms with Gasteiger partial charge in [-0.2, -0.15) is 0 Å². The molecule has 0 aliphatic heterocycles. The van der Waals surface area contributed by atoms with Gasteiger partial charge in [-0.15, -0.1) is 0 Å². The van der Waals surface area contributed by atoms with Gasteiger partial charge in [-0.3, -0.25) is 14.6 Å². The molecule has 3 rings (SSSR count). The number of fused-ring (bicyclic) bond motifs is 1. The molecule has 0 unspecified atom stereocenters. The predicted octanol–water partition coefficient (Wildman–Crippen LogP) is 5.31. The third kappa shape index (κ3) is 8.99. The SMILES string of the molecule is COCOc1cnc(-c2cn(CC(=O)OC)c3ncnc(OCC[Si](C)(C)C)c23)cc1C(=O)NC(C)(C)CC(C)(C)C. The van der Waals surface area contributed by atoms with Crippen molar-refractivity contribution in [3.05, 3.63) is 30.4 Å².